The Morgan fingerprint density at radius 3 is 1.14 bits per heavy atom. The van der Waals surface area contributed by atoms with E-state index in [1.807, 2.05) is 0 Å². The lowest BCUT2D eigenvalue weighted by Crippen LogP contribution is -2.37. The molecular weight excluding hydrogens is 668 g/mol. The third-order valence-corrected chi connectivity index (χ3v) is 7.21. The molecule has 4 saturated heterocycles. The molecule has 11 atom stereocenters. The predicted molar refractivity (Wildman–Crippen MR) is 176 cm³/mol. The fourth-order valence-electron chi connectivity index (χ4n) is 4.86. The third-order valence-electron chi connectivity index (χ3n) is 7.21. The summed E-state index contributed by atoms with van der Waals surface area (Å²) in [4.78, 5) is 32.7. The second-order valence-electron chi connectivity index (χ2n) is 10.8. The molecule has 0 saturated carbocycles. The van der Waals surface area contributed by atoms with Crippen molar-refractivity contribution in [1.82, 2.24) is 0 Å². The van der Waals surface area contributed by atoms with Crippen LogP contribution in [0.4, 0.5) is 0 Å². The van der Waals surface area contributed by atoms with Gasteiger partial charge in [0.25, 0.3) is 0 Å². The summed E-state index contributed by atoms with van der Waals surface area (Å²) in [6.45, 7) is 10.2. The van der Waals surface area contributed by atoms with Gasteiger partial charge in [-0.25, -0.2) is 14.4 Å². The SMILES string of the molecule is C.C.C.C=CC(=O)OCC(O)COC1COC2C(O)COC12.C=CC(=O)OCC(O)COC1COC2C(OCC(O)COC(=O)C=C)COC12. The highest BCUT2D eigenvalue weighted by Gasteiger charge is 2.49. The zero-order valence-corrected chi connectivity index (χ0v) is 25.9. The molecule has 17 heteroatoms. The number of esters is 3. The number of aliphatic hydroxyl groups is 4. The van der Waals surface area contributed by atoms with E-state index in [1.165, 1.54) is 0 Å². The Morgan fingerprint density at radius 2 is 0.820 bits per heavy atom. The van der Waals surface area contributed by atoms with Gasteiger partial charge in [-0.1, -0.05) is 42.0 Å². The van der Waals surface area contributed by atoms with Crippen LogP contribution in [0.1, 0.15) is 22.3 Å². The normalized spacial score (nSPS) is 29.0. The molecule has 4 fully saturated rings. The summed E-state index contributed by atoms with van der Waals surface area (Å²) in [5, 5.41) is 38.7. The molecule has 0 aliphatic carbocycles. The van der Waals surface area contributed by atoms with E-state index < -0.39 is 54.5 Å². The van der Waals surface area contributed by atoms with Crippen molar-refractivity contribution in [2.24, 2.45) is 0 Å². The second-order valence-corrected chi connectivity index (χ2v) is 10.8. The number of ether oxygens (including phenoxy) is 10. The minimum Gasteiger partial charge on any atom is -0.460 e. The van der Waals surface area contributed by atoms with Gasteiger partial charge in [0.15, 0.2) is 0 Å². The lowest BCUT2D eigenvalue weighted by Gasteiger charge is -2.19. The molecule has 0 aromatic heterocycles. The van der Waals surface area contributed by atoms with Crippen LogP contribution in [0.5, 0.6) is 0 Å². The van der Waals surface area contributed by atoms with Gasteiger partial charge in [0, 0.05) is 18.2 Å². The molecule has 11 unspecified atom stereocenters. The number of rotatable bonds is 18. The first kappa shape index (κ1) is 47.2. The van der Waals surface area contributed by atoms with Gasteiger partial charge in [-0.15, -0.1) is 0 Å². The van der Waals surface area contributed by atoms with E-state index in [0.29, 0.717) is 6.61 Å². The Morgan fingerprint density at radius 1 is 0.540 bits per heavy atom. The minimum absolute atomic E-state index is 0. The van der Waals surface area contributed by atoms with E-state index in [0.717, 1.165) is 18.2 Å². The molecule has 0 radical (unpaired) electrons. The van der Waals surface area contributed by atoms with Gasteiger partial charge in [-0.2, -0.15) is 0 Å². The topological polar surface area (TPSA) is 224 Å². The van der Waals surface area contributed by atoms with E-state index >= 15 is 0 Å². The van der Waals surface area contributed by atoms with Crippen molar-refractivity contribution in [3.05, 3.63) is 38.0 Å². The minimum atomic E-state index is -0.982. The highest BCUT2D eigenvalue weighted by atomic mass is 16.7. The summed E-state index contributed by atoms with van der Waals surface area (Å²) in [6, 6.07) is 0. The van der Waals surface area contributed by atoms with E-state index in [2.05, 4.69) is 24.5 Å². The molecule has 50 heavy (non-hydrogen) atoms. The number of hydrogen-bond acceptors (Lipinski definition) is 17. The van der Waals surface area contributed by atoms with Crippen LogP contribution < -0.4 is 0 Å². The Kier molecular flexibility index (Phi) is 23.0. The van der Waals surface area contributed by atoms with Gasteiger partial charge in [0.1, 0.15) is 87.0 Å². The Hall–Kier alpha value is -2.81. The van der Waals surface area contributed by atoms with Crippen LogP contribution in [0, 0.1) is 0 Å². The molecule has 4 heterocycles. The van der Waals surface area contributed by atoms with Crippen LogP contribution >= 0.6 is 0 Å². The van der Waals surface area contributed by atoms with Gasteiger partial charge in [0.05, 0.1) is 46.2 Å². The molecular formula is C33H56O17. The summed E-state index contributed by atoms with van der Waals surface area (Å²) >= 11 is 0. The fraction of sp³-hybridized carbons (Fsp3) is 0.727. The number of aliphatic hydroxyl groups excluding tert-OH is 4. The van der Waals surface area contributed by atoms with Crippen LogP contribution in [0.2, 0.25) is 0 Å². The monoisotopic (exact) mass is 724 g/mol. The summed E-state index contributed by atoms with van der Waals surface area (Å²) in [5.41, 5.74) is 0. The summed E-state index contributed by atoms with van der Waals surface area (Å²) in [6.07, 6.45) is -3.01. The molecule has 290 valence electrons. The smallest absolute Gasteiger partial charge is 0.330 e. The molecule has 0 aromatic carbocycles. The highest BCUT2D eigenvalue weighted by molar-refractivity contribution is 5.81. The lowest BCUT2D eigenvalue weighted by molar-refractivity contribution is -0.144. The second kappa shape index (κ2) is 24.4. The van der Waals surface area contributed by atoms with Crippen LogP contribution in [0.3, 0.4) is 0 Å². The van der Waals surface area contributed by atoms with E-state index in [1.54, 1.807) is 0 Å². The molecule has 17 nitrogen and oxygen atoms in total. The maximum atomic E-state index is 11.0. The largest absolute Gasteiger partial charge is 0.460 e. The summed E-state index contributed by atoms with van der Waals surface area (Å²) in [7, 11) is 0. The Balaban J connectivity index is 0.000000962. The molecule has 4 rings (SSSR count). The molecule has 0 amide bonds. The van der Waals surface area contributed by atoms with Crippen LogP contribution in [-0.2, 0) is 61.8 Å². The lowest BCUT2D eigenvalue weighted by atomic mass is 10.1. The van der Waals surface area contributed by atoms with Crippen molar-refractivity contribution in [3.63, 3.8) is 0 Å². The third kappa shape index (κ3) is 14.8. The number of carbonyl (C=O) groups excluding carboxylic acids is 3. The maximum absolute atomic E-state index is 11.0. The van der Waals surface area contributed by atoms with Crippen molar-refractivity contribution in [3.8, 4) is 0 Å². The van der Waals surface area contributed by atoms with Gasteiger partial charge in [-0.05, 0) is 0 Å². The van der Waals surface area contributed by atoms with Gasteiger partial charge >= 0.3 is 17.9 Å². The molecule has 0 bridgehead atoms. The van der Waals surface area contributed by atoms with E-state index in [4.69, 9.17) is 42.6 Å². The maximum Gasteiger partial charge on any atom is 0.330 e. The molecule has 0 spiro atoms. The molecule has 4 N–H and O–H groups in total. The zero-order chi connectivity index (χ0) is 34.3. The van der Waals surface area contributed by atoms with E-state index in [9.17, 15) is 34.8 Å². The van der Waals surface area contributed by atoms with E-state index in [-0.39, 0.29) is 112 Å². The van der Waals surface area contributed by atoms with Crippen LogP contribution in [0.25, 0.3) is 0 Å². The standard InChI is InChI=1S/C18H26O10.C12H18O7.3CH4/c1-3-15(21)25-7-11(19)5-23-13-9-27-18-14(10-28-17(13)18)24-6-12(20)8-26-16(22)4-2;1-2-10(15)17-4-7(13)3-16-9-6-19-11-8(14)5-18-12(9)11;;;/h3-4,11-14,17-20H,1-2,5-10H2;2,7-9,11-14H,1,3-6H2;3*1H4. The average Bonchev–Trinajstić information content (AvgIpc) is 3.86. The molecule has 4 aliphatic heterocycles. The summed E-state index contributed by atoms with van der Waals surface area (Å²) in [5.74, 6) is -1.83. The number of hydrogen-bond donors (Lipinski definition) is 4. The quantitative estimate of drug-likeness (QED) is 0.0776. The predicted octanol–water partition coefficient (Wildman–Crippen LogP) is -0.737. The highest BCUT2D eigenvalue weighted by Crippen LogP contribution is 2.31. The van der Waals surface area contributed by atoms with Crippen molar-refractivity contribution in [1.29, 1.82) is 0 Å². The van der Waals surface area contributed by atoms with Gasteiger partial charge in [0.2, 0.25) is 0 Å². The zero-order valence-electron chi connectivity index (χ0n) is 25.9. The Bertz CT molecular complexity index is 992. The average molecular weight is 725 g/mol. The number of carbonyl (C=O) groups is 3. The number of fused-ring (bicyclic) bond motifs is 2. The van der Waals surface area contributed by atoms with Crippen molar-refractivity contribution < 1.29 is 82.2 Å². The van der Waals surface area contributed by atoms with Gasteiger partial charge < -0.3 is 67.8 Å². The first-order valence-electron chi connectivity index (χ1n) is 15.0. The first-order chi connectivity index (χ1) is 22.6. The first-order valence-corrected chi connectivity index (χ1v) is 15.0. The van der Waals surface area contributed by atoms with Crippen molar-refractivity contribution in [2.45, 2.75) is 89.4 Å². The fourth-order valence-corrected chi connectivity index (χ4v) is 4.86. The van der Waals surface area contributed by atoms with Crippen molar-refractivity contribution >= 4 is 17.9 Å². The van der Waals surface area contributed by atoms with Crippen LogP contribution in [-0.4, -0.2) is 172 Å². The molecule has 4 aliphatic rings. The van der Waals surface area contributed by atoms with Crippen LogP contribution in [0.15, 0.2) is 38.0 Å². The summed E-state index contributed by atoms with van der Waals surface area (Å²) < 4.78 is 52.9. The Labute approximate surface area is 293 Å². The van der Waals surface area contributed by atoms with Crippen molar-refractivity contribution in [2.75, 3.05) is 66.1 Å². The molecule has 0 aromatic rings. The van der Waals surface area contributed by atoms with Gasteiger partial charge in [-0.3, -0.25) is 0 Å².